The van der Waals surface area contributed by atoms with Gasteiger partial charge >= 0.3 is 0 Å². The van der Waals surface area contributed by atoms with Crippen LogP contribution in [0.15, 0.2) is 30.3 Å². The Kier molecular flexibility index (Phi) is 5.07. The minimum absolute atomic E-state index is 0.0132. The molecule has 1 aromatic carbocycles. The molecule has 4 heteroatoms. The molecule has 25 heavy (non-hydrogen) atoms. The van der Waals surface area contributed by atoms with Gasteiger partial charge in [0.1, 0.15) is 5.69 Å². The third-order valence-electron chi connectivity index (χ3n) is 5.33. The van der Waals surface area contributed by atoms with E-state index in [-0.39, 0.29) is 17.7 Å². The van der Waals surface area contributed by atoms with E-state index in [1.54, 1.807) is 0 Å². The van der Waals surface area contributed by atoms with Gasteiger partial charge < -0.3 is 10.3 Å². The summed E-state index contributed by atoms with van der Waals surface area (Å²) in [6.07, 6.45) is 4.72. The molecular formula is C21H26N2O2. The van der Waals surface area contributed by atoms with E-state index in [9.17, 15) is 9.59 Å². The Bertz CT molecular complexity index is 771. The van der Waals surface area contributed by atoms with Gasteiger partial charge in [0, 0.05) is 11.3 Å². The third kappa shape index (κ3) is 3.53. The molecule has 0 aliphatic heterocycles. The number of ketones is 1. The number of hydrogen-bond donors (Lipinski definition) is 2. The summed E-state index contributed by atoms with van der Waals surface area (Å²) in [5, 5.41) is 3.23. The monoisotopic (exact) mass is 338 g/mol. The van der Waals surface area contributed by atoms with Crippen LogP contribution in [0.3, 0.4) is 0 Å². The minimum atomic E-state index is -0.131. The minimum Gasteiger partial charge on any atom is -0.354 e. The molecule has 1 fully saturated rings. The molecular weight excluding hydrogens is 312 g/mol. The van der Waals surface area contributed by atoms with Crippen LogP contribution in [0, 0.1) is 19.8 Å². The normalized spacial score (nSPS) is 16.0. The van der Waals surface area contributed by atoms with Gasteiger partial charge in [-0.1, -0.05) is 43.2 Å². The van der Waals surface area contributed by atoms with Crippen molar-refractivity contribution in [2.45, 2.75) is 52.5 Å². The van der Waals surface area contributed by atoms with Crippen LogP contribution < -0.4 is 5.32 Å². The van der Waals surface area contributed by atoms with E-state index in [1.807, 2.05) is 32.0 Å². The molecule has 3 rings (SSSR count). The van der Waals surface area contributed by atoms with Gasteiger partial charge in [-0.25, -0.2) is 0 Å². The van der Waals surface area contributed by atoms with Crippen molar-refractivity contribution in [2.24, 2.45) is 5.92 Å². The summed E-state index contributed by atoms with van der Waals surface area (Å²) in [6, 6.07) is 10.2. The average molecular weight is 338 g/mol. The Labute approximate surface area is 149 Å². The highest BCUT2D eigenvalue weighted by Crippen LogP contribution is 2.36. The number of carbonyl (C=O) groups excluding carboxylic acids is 2. The highest BCUT2D eigenvalue weighted by Gasteiger charge is 2.29. The van der Waals surface area contributed by atoms with Crippen LogP contribution in [0.5, 0.6) is 0 Å². The van der Waals surface area contributed by atoms with Crippen molar-refractivity contribution >= 4 is 11.7 Å². The topological polar surface area (TPSA) is 62.0 Å². The van der Waals surface area contributed by atoms with Gasteiger partial charge in [-0.2, -0.15) is 0 Å². The van der Waals surface area contributed by atoms with E-state index in [2.05, 4.69) is 22.4 Å². The predicted molar refractivity (Wildman–Crippen MR) is 98.9 cm³/mol. The summed E-state index contributed by atoms with van der Waals surface area (Å²) in [7, 11) is 0. The lowest BCUT2D eigenvalue weighted by atomic mass is 9.91. The SMILES string of the molecule is CC(=O)c1c(C)[nH]c(C(=O)NC(c2ccccc2)C2CCCC2)c1C. The zero-order chi connectivity index (χ0) is 18.0. The molecule has 4 nitrogen and oxygen atoms in total. The lowest BCUT2D eigenvalue weighted by Gasteiger charge is -2.25. The second kappa shape index (κ2) is 7.26. The number of rotatable bonds is 5. The third-order valence-corrected chi connectivity index (χ3v) is 5.33. The van der Waals surface area contributed by atoms with Crippen LogP contribution in [0.2, 0.25) is 0 Å². The number of aromatic amines is 1. The second-order valence-corrected chi connectivity index (χ2v) is 7.09. The molecule has 1 aromatic heterocycles. The summed E-state index contributed by atoms with van der Waals surface area (Å²) >= 11 is 0. The highest BCUT2D eigenvalue weighted by atomic mass is 16.2. The molecule has 0 spiro atoms. The van der Waals surface area contributed by atoms with Crippen LogP contribution in [0.25, 0.3) is 0 Å². The first-order valence-electron chi connectivity index (χ1n) is 9.05. The number of aryl methyl sites for hydroxylation is 1. The van der Waals surface area contributed by atoms with Gasteiger partial charge in [-0.15, -0.1) is 0 Å². The van der Waals surface area contributed by atoms with E-state index in [0.717, 1.165) is 29.7 Å². The first-order valence-corrected chi connectivity index (χ1v) is 9.05. The molecule has 1 unspecified atom stereocenters. The number of hydrogen-bond acceptors (Lipinski definition) is 2. The predicted octanol–water partition coefficient (Wildman–Crippen LogP) is 4.50. The van der Waals surface area contributed by atoms with Crippen molar-refractivity contribution in [2.75, 3.05) is 0 Å². The zero-order valence-corrected chi connectivity index (χ0v) is 15.2. The van der Waals surface area contributed by atoms with E-state index < -0.39 is 0 Å². The van der Waals surface area contributed by atoms with Gasteiger partial charge in [-0.05, 0) is 50.7 Å². The van der Waals surface area contributed by atoms with Crippen molar-refractivity contribution < 1.29 is 9.59 Å². The Morgan fingerprint density at radius 3 is 2.32 bits per heavy atom. The van der Waals surface area contributed by atoms with Gasteiger partial charge in [0.2, 0.25) is 0 Å². The molecule has 2 N–H and O–H groups in total. The maximum atomic E-state index is 12.9. The quantitative estimate of drug-likeness (QED) is 0.789. The summed E-state index contributed by atoms with van der Waals surface area (Å²) in [5.74, 6) is 0.324. The van der Waals surface area contributed by atoms with Crippen molar-refractivity contribution in [3.63, 3.8) is 0 Å². The van der Waals surface area contributed by atoms with Crippen molar-refractivity contribution in [1.29, 1.82) is 0 Å². The number of H-pyrrole nitrogens is 1. The number of nitrogens with one attached hydrogen (secondary N) is 2. The lowest BCUT2D eigenvalue weighted by Crippen LogP contribution is -2.33. The molecule has 132 valence electrons. The molecule has 1 heterocycles. The number of benzene rings is 1. The van der Waals surface area contributed by atoms with Crippen LogP contribution in [0.4, 0.5) is 0 Å². The number of Topliss-reactive ketones (excluding diaryl/α,β-unsaturated/α-hetero) is 1. The Morgan fingerprint density at radius 2 is 1.76 bits per heavy atom. The fourth-order valence-corrected chi connectivity index (χ4v) is 4.14. The average Bonchev–Trinajstić information content (AvgIpc) is 3.21. The molecule has 1 aliphatic carbocycles. The summed E-state index contributed by atoms with van der Waals surface area (Å²) in [5.41, 5.74) is 3.77. The van der Waals surface area contributed by atoms with Gasteiger partial charge in [0.05, 0.1) is 6.04 Å². The van der Waals surface area contributed by atoms with Crippen LogP contribution in [-0.4, -0.2) is 16.7 Å². The van der Waals surface area contributed by atoms with Gasteiger partial charge in [0.25, 0.3) is 5.91 Å². The summed E-state index contributed by atoms with van der Waals surface area (Å²) < 4.78 is 0. The number of aromatic nitrogens is 1. The number of amides is 1. The first kappa shape index (κ1) is 17.5. The van der Waals surface area contributed by atoms with Gasteiger partial charge in [0.15, 0.2) is 5.78 Å². The molecule has 1 aliphatic rings. The van der Waals surface area contributed by atoms with Crippen molar-refractivity contribution in [1.82, 2.24) is 10.3 Å². The lowest BCUT2D eigenvalue weighted by molar-refractivity contribution is 0.0916. The molecule has 0 saturated heterocycles. The van der Waals surface area contributed by atoms with E-state index in [0.29, 0.717) is 17.2 Å². The van der Waals surface area contributed by atoms with Crippen LogP contribution in [-0.2, 0) is 0 Å². The van der Waals surface area contributed by atoms with E-state index in [4.69, 9.17) is 0 Å². The molecule has 1 atom stereocenters. The summed E-state index contributed by atoms with van der Waals surface area (Å²) in [4.78, 5) is 27.9. The molecule has 0 bridgehead atoms. The van der Waals surface area contributed by atoms with Crippen LogP contribution >= 0.6 is 0 Å². The maximum Gasteiger partial charge on any atom is 0.268 e. The molecule has 2 aromatic rings. The zero-order valence-electron chi connectivity index (χ0n) is 15.2. The number of carbonyl (C=O) groups is 2. The fourth-order valence-electron chi connectivity index (χ4n) is 4.14. The highest BCUT2D eigenvalue weighted by molar-refractivity contribution is 6.02. The molecule has 0 radical (unpaired) electrons. The van der Waals surface area contributed by atoms with Gasteiger partial charge in [-0.3, -0.25) is 9.59 Å². The largest absolute Gasteiger partial charge is 0.354 e. The summed E-state index contributed by atoms with van der Waals surface area (Å²) in [6.45, 7) is 5.21. The van der Waals surface area contributed by atoms with E-state index >= 15 is 0 Å². The molecule has 1 amide bonds. The Hall–Kier alpha value is -2.36. The maximum absolute atomic E-state index is 12.9. The Morgan fingerprint density at radius 1 is 1.12 bits per heavy atom. The van der Waals surface area contributed by atoms with Crippen molar-refractivity contribution in [3.05, 3.63) is 58.4 Å². The molecule has 1 saturated carbocycles. The van der Waals surface area contributed by atoms with E-state index in [1.165, 1.54) is 19.8 Å². The first-order chi connectivity index (χ1) is 12.0. The van der Waals surface area contributed by atoms with Crippen LogP contribution in [0.1, 0.15) is 76.3 Å². The fraction of sp³-hybridized carbons (Fsp3) is 0.429. The smallest absolute Gasteiger partial charge is 0.268 e. The second-order valence-electron chi connectivity index (χ2n) is 7.09. The Balaban J connectivity index is 1.88. The standard InChI is InChI=1S/C21H26N2O2/c1-13-18(15(3)24)14(2)22-19(13)21(25)23-20(17-11-7-8-12-17)16-9-5-4-6-10-16/h4-6,9-10,17,20,22H,7-8,11-12H2,1-3H3,(H,23,25). The van der Waals surface area contributed by atoms with Crippen molar-refractivity contribution in [3.8, 4) is 0 Å².